The number of aryl methyl sites for hydroxylation is 2. The fourth-order valence-electron chi connectivity index (χ4n) is 2.87. The van der Waals surface area contributed by atoms with Gasteiger partial charge in [-0.25, -0.2) is 0 Å². The monoisotopic (exact) mass is 277 g/mol. The molecule has 2 aliphatic rings. The summed E-state index contributed by atoms with van der Waals surface area (Å²) in [6, 6.07) is 6.15. The van der Waals surface area contributed by atoms with Crippen molar-refractivity contribution < 1.29 is 9.00 Å². The van der Waals surface area contributed by atoms with Crippen molar-refractivity contribution in [1.29, 1.82) is 0 Å². The molecule has 0 saturated carbocycles. The minimum absolute atomic E-state index is 0.197. The largest absolute Gasteiger partial charge is 0.294 e. The summed E-state index contributed by atoms with van der Waals surface area (Å²) in [4.78, 5) is 14.4. The van der Waals surface area contributed by atoms with Crippen LogP contribution >= 0.6 is 0 Å². The number of hydrogen-bond acceptors (Lipinski definition) is 3. The first-order valence-corrected chi connectivity index (χ1v) is 8.43. The van der Waals surface area contributed by atoms with Crippen LogP contribution in [0.4, 0.5) is 0 Å². The SMILES string of the molecule is O=C(CN1CCS(=O)CC1)c1ccc2c(c1)CCC2. The Hall–Kier alpha value is -1.00. The lowest BCUT2D eigenvalue weighted by molar-refractivity contribution is 0.0936. The quantitative estimate of drug-likeness (QED) is 0.784. The summed E-state index contributed by atoms with van der Waals surface area (Å²) in [5.41, 5.74) is 3.60. The molecule has 1 fully saturated rings. The van der Waals surface area contributed by atoms with Gasteiger partial charge in [0, 0.05) is 41.0 Å². The van der Waals surface area contributed by atoms with Gasteiger partial charge in [-0.2, -0.15) is 0 Å². The van der Waals surface area contributed by atoms with Gasteiger partial charge in [0.2, 0.25) is 0 Å². The third-order valence-corrected chi connectivity index (χ3v) is 5.33. The van der Waals surface area contributed by atoms with E-state index >= 15 is 0 Å². The lowest BCUT2D eigenvalue weighted by Gasteiger charge is -2.25. The number of hydrogen-bond donors (Lipinski definition) is 0. The average Bonchev–Trinajstić information content (AvgIpc) is 2.88. The lowest BCUT2D eigenvalue weighted by atomic mass is 10.0. The standard InChI is InChI=1S/C15H19NO2S/c17-15(11-16-6-8-19(18)9-7-16)14-5-4-12-2-1-3-13(12)10-14/h4-5,10H,1-3,6-9,11H2. The lowest BCUT2D eigenvalue weighted by Crippen LogP contribution is -2.40. The summed E-state index contributed by atoms with van der Waals surface area (Å²) in [5.74, 6) is 1.61. The smallest absolute Gasteiger partial charge is 0.176 e. The van der Waals surface area contributed by atoms with Crippen molar-refractivity contribution in [3.8, 4) is 0 Å². The van der Waals surface area contributed by atoms with E-state index in [4.69, 9.17) is 0 Å². The Labute approximate surface area is 116 Å². The van der Waals surface area contributed by atoms with E-state index in [0.29, 0.717) is 18.1 Å². The van der Waals surface area contributed by atoms with E-state index in [9.17, 15) is 9.00 Å². The number of nitrogens with zero attached hydrogens (tertiary/aromatic N) is 1. The number of Topliss-reactive ketones (excluding diaryl/α,β-unsaturated/α-hetero) is 1. The van der Waals surface area contributed by atoms with Gasteiger partial charge in [0.25, 0.3) is 0 Å². The van der Waals surface area contributed by atoms with Crippen molar-refractivity contribution in [1.82, 2.24) is 4.90 Å². The number of ketones is 1. The normalized spacial score (nSPS) is 20.4. The maximum Gasteiger partial charge on any atom is 0.176 e. The second-order valence-electron chi connectivity index (χ2n) is 5.38. The predicted octanol–water partition coefficient (Wildman–Crippen LogP) is 1.42. The molecule has 4 heteroatoms. The van der Waals surface area contributed by atoms with E-state index in [1.165, 1.54) is 17.5 Å². The minimum Gasteiger partial charge on any atom is -0.294 e. The van der Waals surface area contributed by atoms with Gasteiger partial charge in [0.1, 0.15) is 0 Å². The highest BCUT2D eigenvalue weighted by Crippen LogP contribution is 2.23. The van der Waals surface area contributed by atoms with E-state index in [0.717, 1.165) is 31.5 Å². The molecule has 0 atom stereocenters. The van der Waals surface area contributed by atoms with Crippen LogP contribution in [0.25, 0.3) is 0 Å². The molecule has 3 nitrogen and oxygen atoms in total. The van der Waals surface area contributed by atoms with Gasteiger partial charge >= 0.3 is 0 Å². The number of carbonyl (C=O) groups excluding carboxylic acids is 1. The predicted molar refractivity (Wildman–Crippen MR) is 77.1 cm³/mol. The fraction of sp³-hybridized carbons (Fsp3) is 0.533. The Balaban J connectivity index is 1.65. The molecule has 1 aromatic carbocycles. The zero-order valence-corrected chi connectivity index (χ0v) is 11.9. The van der Waals surface area contributed by atoms with Crippen LogP contribution in [0.15, 0.2) is 18.2 Å². The molecular formula is C15H19NO2S. The molecule has 0 radical (unpaired) electrons. The minimum atomic E-state index is -0.673. The van der Waals surface area contributed by atoms with E-state index in [-0.39, 0.29) is 5.78 Å². The van der Waals surface area contributed by atoms with Crippen LogP contribution in [0, 0.1) is 0 Å². The first-order chi connectivity index (χ1) is 9.22. The van der Waals surface area contributed by atoms with Gasteiger partial charge in [0.05, 0.1) is 6.54 Å². The molecule has 1 heterocycles. The van der Waals surface area contributed by atoms with E-state index in [1.54, 1.807) is 0 Å². The molecule has 0 spiro atoms. The van der Waals surface area contributed by atoms with Crippen molar-refractivity contribution in [3.63, 3.8) is 0 Å². The number of rotatable bonds is 3. The Kier molecular flexibility index (Phi) is 3.80. The highest BCUT2D eigenvalue weighted by atomic mass is 32.2. The molecule has 0 N–H and O–H groups in total. The van der Waals surface area contributed by atoms with Crippen molar-refractivity contribution in [2.75, 3.05) is 31.1 Å². The fourth-order valence-corrected chi connectivity index (χ4v) is 4.00. The molecule has 3 rings (SSSR count). The summed E-state index contributed by atoms with van der Waals surface area (Å²) in [5, 5.41) is 0. The Morgan fingerprint density at radius 1 is 1.16 bits per heavy atom. The molecule has 0 unspecified atom stereocenters. The molecule has 19 heavy (non-hydrogen) atoms. The van der Waals surface area contributed by atoms with Crippen LogP contribution in [-0.2, 0) is 23.6 Å². The Morgan fingerprint density at radius 3 is 2.68 bits per heavy atom. The molecule has 1 aliphatic carbocycles. The zero-order chi connectivity index (χ0) is 13.2. The van der Waals surface area contributed by atoms with Gasteiger partial charge in [0.15, 0.2) is 5.78 Å². The summed E-state index contributed by atoms with van der Waals surface area (Å²) in [7, 11) is -0.673. The van der Waals surface area contributed by atoms with Gasteiger partial charge in [-0.05, 0) is 36.5 Å². The highest BCUT2D eigenvalue weighted by molar-refractivity contribution is 7.85. The van der Waals surface area contributed by atoms with Gasteiger partial charge in [-0.3, -0.25) is 13.9 Å². The second-order valence-corrected chi connectivity index (χ2v) is 7.08. The van der Waals surface area contributed by atoms with Crippen molar-refractivity contribution in [3.05, 3.63) is 34.9 Å². The average molecular weight is 277 g/mol. The van der Waals surface area contributed by atoms with Crippen molar-refractivity contribution in [2.45, 2.75) is 19.3 Å². The molecule has 0 bridgehead atoms. The van der Waals surface area contributed by atoms with Crippen LogP contribution in [-0.4, -0.2) is 46.0 Å². The number of fused-ring (bicyclic) bond motifs is 1. The van der Waals surface area contributed by atoms with Gasteiger partial charge < -0.3 is 0 Å². The number of carbonyl (C=O) groups is 1. The van der Waals surface area contributed by atoms with Crippen LogP contribution < -0.4 is 0 Å². The van der Waals surface area contributed by atoms with Crippen LogP contribution in [0.1, 0.15) is 27.9 Å². The van der Waals surface area contributed by atoms with Gasteiger partial charge in [-0.1, -0.05) is 12.1 Å². The molecule has 1 saturated heterocycles. The summed E-state index contributed by atoms with van der Waals surface area (Å²) in [6.45, 7) is 2.03. The molecule has 102 valence electrons. The molecule has 1 aromatic rings. The Bertz CT molecular complexity index is 517. The molecule has 1 aliphatic heterocycles. The summed E-state index contributed by atoms with van der Waals surface area (Å²) in [6.07, 6.45) is 3.48. The third-order valence-electron chi connectivity index (χ3n) is 4.06. The van der Waals surface area contributed by atoms with Crippen LogP contribution in [0.5, 0.6) is 0 Å². The Morgan fingerprint density at radius 2 is 1.89 bits per heavy atom. The number of benzene rings is 1. The van der Waals surface area contributed by atoms with E-state index in [1.807, 2.05) is 6.07 Å². The first-order valence-electron chi connectivity index (χ1n) is 6.95. The molecule has 0 aromatic heterocycles. The zero-order valence-electron chi connectivity index (χ0n) is 11.1. The van der Waals surface area contributed by atoms with Crippen molar-refractivity contribution >= 4 is 16.6 Å². The maximum absolute atomic E-state index is 12.3. The third kappa shape index (κ3) is 2.95. The van der Waals surface area contributed by atoms with E-state index in [2.05, 4.69) is 17.0 Å². The second kappa shape index (κ2) is 5.55. The maximum atomic E-state index is 12.3. The molecule has 0 amide bonds. The van der Waals surface area contributed by atoms with Crippen LogP contribution in [0.2, 0.25) is 0 Å². The first kappa shape index (κ1) is 13.0. The van der Waals surface area contributed by atoms with Crippen LogP contribution in [0.3, 0.4) is 0 Å². The topological polar surface area (TPSA) is 37.4 Å². The summed E-state index contributed by atoms with van der Waals surface area (Å²) >= 11 is 0. The highest BCUT2D eigenvalue weighted by Gasteiger charge is 2.19. The summed E-state index contributed by atoms with van der Waals surface area (Å²) < 4.78 is 11.3. The van der Waals surface area contributed by atoms with E-state index < -0.39 is 10.8 Å². The van der Waals surface area contributed by atoms with Gasteiger partial charge in [-0.15, -0.1) is 0 Å². The molecular weight excluding hydrogens is 258 g/mol. The van der Waals surface area contributed by atoms with Crippen molar-refractivity contribution in [2.24, 2.45) is 0 Å².